The summed E-state index contributed by atoms with van der Waals surface area (Å²) in [5, 5.41) is 0. The number of nitrogens with zero attached hydrogens (tertiary/aromatic N) is 2. The van der Waals surface area contributed by atoms with Gasteiger partial charge in [0.1, 0.15) is 0 Å². The van der Waals surface area contributed by atoms with Crippen molar-refractivity contribution >= 4 is 0 Å². The standard InChI is InChI=1S/C13H26N2/c1-12-10-13(11-12)4-6-15(7-5-13)9-8-14(2)3/h12H,4-11H2,1-3H3. The lowest BCUT2D eigenvalue weighted by Gasteiger charge is -2.51. The summed E-state index contributed by atoms with van der Waals surface area (Å²) in [6.45, 7) is 7.58. The van der Waals surface area contributed by atoms with Crippen molar-refractivity contribution in [2.45, 2.75) is 32.6 Å². The Hall–Kier alpha value is -0.0800. The van der Waals surface area contributed by atoms with E-state index in [-0.39, 0.29) is 0 Å². The van der Waals surface area contributed by atoms with Crippen molar-refractivity contribution in [1.29, 1.82) is 0 Å². The van der Waals surface area contributed by atoms with Crippen molar-refractivity contribution in [2.24, 2.45) is 11.3 Å². The number of hydrogen-bond donors (Lipinski definition) is 0. The molecule has 2 heteroatoms. The molecule has 2 aliphatic rings. The highest BCUT2D eigenvalue weighted by atomic mass is 15.2. The fourth-order valence-corrected chi connectivity index (χ4v) is 3.42. The Kier molecular flexibility index (Phi) is 3.36. The zero-order valence-electron chi connectivity index (χ0n) is 10.6. The Bertz CT molecular complexity index is 197. The highest BCUT2D eigenvalue weighted by Crippen LogP contribution is 2.52. The zero-order chi connectivity index (χ0) is 10.9. The minimum Gasteiger partial charge on any atom is -0.308 e. The van der Waals surface area contributed by atoms with Gasteiger partial charge in [-0.3, -0.25) is 0 Å². The lowest BCUT2D eigenvalue weighted by molar-refractivity contribution is -0.00681. The Morgan fingerprint density at radius 3 is 2.27 bits per heavy atom. The first-order valence-electron chi connectivity index (χ1n) is 6.47. The predicted molar refractivity (Wildman–Crippen MR) is 65.1 cm³/mol. The molecule has 0 N–H and O–H groups in total. The molecule has 0 radical (unpaired) electrons. The molecule has 2 fully saturated rings. The van der Waals surface area contributed by atoms with Crippen LogP contribution in [0.2, 0.25) is 0 Å². The summed E-state index contributed by atoms with van der Waals surface area (Å²) in [5.74, 6) is 1.01. The van der Waals surface area contributed by atoms with E-state index in [0.29, 0.717) is 0 Å². The Labute approximate surface area is 94.6 Å². The Morgan fingerprint density at radius 2 is 1.80 bits per heavy atom. The number of rotatable bonds is 3. The molecule has 1 aliphatic heterocycles. The molecule has 0 bridgehead atoms. The van der Waals surface area contributed by atoms with Crippen LogP contribution in [0.5, 0.6) is 0 Å². The normalized spacial score (nSPS) is 27.2. The Balaban J connectivity index is 1.68. The van der Waals surface area contributed by atoms with Gasteiger partial charge >= 0.3 is 0 Å². The fourth-order valence-electron chi connectivity index (χ4n) is 3.42. The quantitative estimate of drug-likeness (QED) is 0.703. The molecule has 0 aromatic rings. The van der Waals surface area contributed by atoms with Gasteiger partial charge in [0.05, 0.1) is 0 Å². The highest BCUT2D eigenvalue weighted by molar-refractivity contribution is 4.95. The van der Waals surface area contributed by atoms with Crippen LogP contribution in [0.4, 0.5) is 0 Å². The van der Waals surface area contributed by atoms with Crippen molar-refractivity contribution in [3.8, 4) is 0 Å². The second-order valence-corrected chi connectivity index (χ2v) is 6.16. The summed E-state index contributed by atoms with van der Waals surface area (Å²) in [6, 6.07) is 0. The van der Waals surface area contributed by atoms with Crippen LogP contribution < -0.4 is 0 Å². The SMILES string of the molecule is CC1CC2(CCN(CCN(C)C)CC2)C1. The molecule has 15 heavy (non-hydrogen) atoms. The summed E-state index contributed by atoms with van der Waals surface area (Å²) in [7, 11) is 4.33. The first-order chi connectivity index (χ1) is 7.10. The summed E-state index contributed by atoms with van der Waals surface area (Å²) >= 11 is 0. The van der Waals surface area contributed by atoms with E-state index in [1.807, 2.05) is 0 Å². The van der Waals surface area contributed by atoms with E-state index in [9.17, 15) is 0 Å². The van der Waals surface area contributed by atoms with Crippen LogP contribution in [0, 0.1) is 11.3 Å². The third-order valence-electron chi connectivity index (χ3n) is 4.34. The maximum absolute atomic E-state index is 2.65. The molecule has 0 atom stereocenters. The smallest absolute Gasteiger partial charge is 0.0109 e. The minimum absolute atomic E-state index is 0.786. The third kappa shape index (κ3) is 2.73. The van der Waals surface area contributed by atoms with Gasteiger partial charge in [-0.15, -0.1) is 0 Å². The largest absolute Gasteiger partial charge is 0.308 e. The van der Waals surface area contributed by atoms with E-state index >= 15 is 0 Å². The first-order valence-corrected chi connectivity index (χ1v) is 6.47. The third-order valence-corrected chi connectivity index (χ3v) is 4.34. The molecule has 88 valence electrons. The zero-order valence-corrected chi connectivity index (χ0v) is 10.6. The van der Waals surface area contributed by atoms with Gasteiger partial charge in [-0.1, -0.05) is 6.92 Å². The van der Waals surface area contributed by atoms with E-state index in [0.717, 1.165) is 11.3 Å². The van der Waals surface area contributed by atoms with E-state index in [4.69, 9.17) is 0 Å². The molecule has 0 unspecified atom stereocenters. The molecule has 1 saturated heterocycles. The second-order valence-electron chi connectivity index (χ2n) is 6.16. The summed E-state index contributed by atoms with van der Waals surface area (Å²) in [5.41, 5.74) is 0.786. The molecule has 1 heterocycles. The van der Waals surface area contributed by atoms with Crippen molar-refractivity contribution < 1.29 is 0 Å². The maximum Gasteiger partial charge on any atom is 0.0109 e. The summed E-state index contributed by atoms with van der Waals surface area (Å²) in [6.07, 6.45) is 5.94. The van der Waals surface area contributed by atoms with E-state index < -0.39 is 0 Å². The van der Waals surface area contributed by atoms with Gasteiger partial charge in [-0.2, -0.15) is 0 Å². The number of hydrogen-bond acceptors (Lipinski definition) is 2. The summed E-state index contributed by atoms with van der Waals surface area (Å²) in [4.78, 5) is 4.93. The van der Waals surface area contributed by atoms with Crippen LogP contribution in [-0.2, 0) is 0 Å². The van der Waals surface area contributed by atoms with Crippen molar-refractivity contribution in [2.75, 3.05) is 40.3 Å². The second kappa shape index (κ2) is 4.42. The van der Waals surface area contributed by atoms with Gasteiger partial charge < -0.3 is 9.80 Å². The topological polar surface area (TPSA) is 6.48 Å². The van der Waals surface area contributed by atoms with E-state index in [1.165, 1.54) is 51.9 Å². The van der Waals surface area contributed by atoms with Gasteiger partial charge in [-0.25, -0.2) is 0 Å². The molecule has 0 aromatic heterocycles. The van der Waals surface area contributed by atoms with Gasteiger partial charge in [-0.05, 0) is 64.2 Å². The number of likely N-dealkylation sites (tertiary alicyclic amines) is 1. The predicted octanol–water partition coefficient (Wildman–Crippen LogP) is 2.06. The van der Waals surface area contributed by atoms with Crippen molar-refractivity contribution in [3.63, 3.8) is 0 Å². The lowest BCUT2D eigenvalue weighted by Crippen LogP contribution is -2.47. The average Bonchev–Trinajstić information content (AvgIpc) is 2.15. The molecule has 1 aliphatic carbocycles. The number of likely N-dealkylation sites (N-methyl/N-ethyl adjacent to an activating group) is 1. The van der Waals surface area contributed by atoms with E-state index in [1.54, 1.807) is 0 Å². The monoisotopic (exact) mass is 210 g/mol. The van der Waals surface area contributed by atoms with Crippen LogP contribution >= 0.6 is 0 Å². The van der Waals surface area contributed by atoms with Crippen LogP contribution in [0.1, 0.15) is 32.6 Å². The number of piperidine rings is 1. The van der Waals surface area contributed by atoms with Crippen molar-refractivity contribution in [3.05, 3.63) is 0 Å². The molecular formula is C13H26N2. The average molecular weight is 210 g/mol. The minimum atomic E-state index is 0.786. The van der Waals surface area contributed by atoms with Crippen LogP contribution in [0.15, 0.2) is 0 Å². The van der Waals surface area contributed by atoms with E-state index in [2.05, 4.69) is 30.8 Å². The van der Waals surface area contributed by atoms with Gasteiger partial charge in [0.25, 0.3) is 0 Å². The molecular weight excluding hydrogens is 184 g/mol. The Morgan fingerprint density at radius 1 is 1.20 bits per heavy atom. The first kappa shape index (κ1) is 11.4. The lowest BCUT2D eigenvalue weighted by atomic mass is 9.58. The van der Waals surface area contributed by atoms with Gasteiger partial charge in [0, 0.05) is 13.1 Å². The molecule has 2 nitrogen and oxygen atoms in total. The molecule has 1 saturated carbocycles. The van der Waals surface area contributed by atoms with Crippen LogP contribution in [0.3, 0.4) is 0 Å². The summed E-state index contributed by atoms with van der Waals surface area (Å²) < 4.78 is 0. The van der Waals surface area contributed by atoms with Gasteiger partial charge in [0.2, 0.25) is 0 Å². The fraction of sp³-hybridized carbons (Fsp3) is 1.00. The molecule has 2 rings (SSSR count). The molecule has 0 amide bonds. The van der Waals surface area contributed by atoms with Crippen molar-refractivity contribution in [1.82, 2.24) is 9.80 Å². The molecule has 1 spiro atoms. The van der Waals surface area contributed by atoms with Crippen LogP contribution in [-0.4, -0.2) is 50.1 Å². The molecule has 0 aromatic carbocycles. The van der Waals surface area contributed by atoms with Gasteiger partial charge in [0.15, 0.2) is 0 Å². The maximum atomic E-state index is 2.65. The van der Waals surface area contributed by atoms with Crippen LogP contribution in [0.25, 0.3) is 0 Å². The highest BCUT2D eigenvalue weighted by Gasteiger charge is 2.43.